The highest BCUT2D eigenvalue weighted by Crippen LogP contribution is 2.34. The number of ketones is 1. The van der Waals surface area contributed by atoms with E-state index in [1.54, 1.807) is 25.1 Å². The molecule has 0 fully saturated rings. The van der Waals surface area contributed by atoms with E-state index >= 15 is 0 Å². The van der Waals surface area contributed by atoms with Crippen molar-refractivity contribution >= 4 is 11.8 Å². The molecule has 6 nitrogen and oxygen atoms in total. The quantitative estimate of drug-likeness (QED) is 0.814. The van der Waals surface area contributed by atoms with Crippen LogP contribution in [0.3, 0.4) is 0 Å². The van der Waals surface area contributed by atoms with E-state index in [4.69, 9.17) is 15.9 Å². The van der Waals surface area contributed by atoms with Crippen LogP contribution in [-0.2, 0) is 4.79 Å². The van der Waals surface area contributed by atoms with Gasteiger partial charge in [-0.25, -0.2) is 4.79 Å². The highest BCUT2D eigenvalue weighted by molar-refractivity contribution is 5.98. The molecule has 0 spiro atoms. The molecular weight excluding hydrogens is 296 g/mol. The van der Waals surface area contributed by atoms with Crippen LogP contribution in [-0.4, -0.2) is 25.5 Å². The van der Waals surface area contributed by atoms with E-state index in [1.807, 2.05) is 0 Å². The lowest BCUT2D eigenvalue weighted by molar-refractivity contribution is -0.114. The Kier molecular flexibility index (Phi) is 4.91. The van der Waals surface area contributed by atoms with Crippen molar-refractivity contribution in [3.63, 3.8) is 0 Å². The van der Waals surface area contributed by atoms with Crippen LogP contribution < -0.4 is 20.1 Å². The number of Topliss-reactive ketones (excluding diaryl/α,β-unsaturated/α-hetero) is 1. The summed E-state index contributed by atoms with van der Waals surface area (Å²) in [6.45, 7) is 3.29. The molecule has 1 aliphatic rings. The lowest BCUT2D eigenvalue weighted by Gasteiger charge is -2.28. The minimum absolute atomic E-state index is 0.119. The minimum atomic E-state index is -0.545. The lowest BCUT2D eigenvalue weighted by Crippen LogP contribution is -2.44. The molecule has 0 bridgehead atoms. The Morgan fingerprint density at radius 1 is 1.39 bits per heavy atom. The maximum atomic E-state index is 11.9. The lowest BCUT2D eigenvalue weighted by atomic mass is 9.93. The summed E-state index contributed by atoms with van der Waals surface area (Å²) in [5.41, 5.74) is 1.76. The zero-order valence-electron chi connectivity index (χ0n) is 13.2. The van der Waals surface area contributed by atoms with Crippen molar-refractivity contribution in [2.24, 2.45) is 0 Å². The maximum absolute atomic E-state index is 11.9. The molecular formula is C17H18N2O4. The number of benzene rings is 1. The summed E-state index contributed by atoms with van der Waals surface area (Å²) in [7, 11) is 1.51. The fourth-order valence-corrected chi connectivity index (χ4v) is 2.51. The predicted octanol–water partition coefficient (Wildman–Crippen LogP) is 1.92. The van der Waals surface area contributed by atoms with Gasteiger partial charge in [0.1, 0.15) is 6.61 Å². The third-order valence-corrected chi connectivity index (χ3v) is 3.48. The van der Waals surface area contributed by atoms with Gasteiger partial charge in [-0.3, -0.25) is 4.79 Å². The van der Waals surface area contributed by atoms with E-state index in [2.05, 4.69) is 16.6 Å². The average molecular weight is 314 g/mol. The van der Waals surface area contributed by atoms with Gasteiger partial charge in [-0.2, -0.15) is 0 Å². The summed E-state index contributed by atoms with van der Waals surface area (Å²) in [5, 5.41) is 5.36. The summed E-state index contributed by atoms with van der Waals surface area (Å²) in [4.78, 5) is 23.7. The number of hydrogen-bond donors (Lipinski definition) is 2. The molecule has 0 saturated carbocycles. The second-order valence-electron chi connectivity index (χ2n) is 5.03. The molecule has 1 unspecified atom stereocenters. The number of allylic oxidation sites excluding steroid dienone is 1. The third-order valence-electron chi connectivity index (χ3n) is 3.48. The van der Waals surface area contributed by atoms with Gasteiger partial charge in [-0.15, -0.1) is 6.42 Å². The van der Waals surface area contributed by atoms with Crippen molar-refractivity contribution < 1.29 is 19.1 Å². The van der Waals surface area contributed by atoms with E-state index in [0.717, 1.165) is 0 Å². The fraction of sp³-hybridized carbons (Fsp3) is 0.294. The van der Waals surface area contributed by atoms with Crippen molar-refractivity contribution in [1.29, 1.82) is 0 Å². The van der Waals surface area contributed by atoms with Gasteiger partial charge in [0.15, 0.2) is 17.3 Å². The first-order valence-corrected chi connectivity index (χ1v) is 7.01. The first-order chi connectivity index (χ1) is 11.0. The largest absolute Gasteiger partial charge is 0.493 e. The van der Waals surface area contributed by atoms with Crippen LogP contribution >= 0.6 is 0 Å². The number of terminal acetylenes is 1. The van der Waals surface area contributed by atoms with Gasteiger partial charge in [-0.05, 0) is 31.5 Å². The molecule has 0 radical (unpaired) electrons. The second-order valence-corrected chi connectivity index (χ2v) is 5.03. The summed E-state index contributed by atoms with van der Waals surface area (Å²) < 4.78 is 10.7. The Bertz CT molecular complexity index is 716. The normalized spacial score (nSPS) is 17.0. The van der Waals surface area contributed by atoms with Gasteiger partial charge < -0.3 is 20.1 Å². The zero-order valence-corrected chi connectivity index (χ0v) is 13.2. The van der Waals surface area contributed by atoms with E-state index in [0.29, 0.717) is 28.3 Å². The Morgan fingerprint density at radius 2 is 2.13 bits per heavy atom. The molecule has 1 aromatic carbocycles. The van der Waals surface area contributed by atoms with E-state index < -0.39 is 6.04 Å². The zero-order chi connectivity index (χ0) is 17.0. The Hall–Kier alpha value is -2.94. The number of urea groups is 1. The molecule has 2 N–H and O–H groups in total. The highest BCUT2D eigenvalue weighted by Gasteiger charge is 2.29. The van der Waals surface area contributed by atoms with Gasteiger partial charge >= 0.3 is 6.03 Å². The predicted molar refractivity (Wildman–Crippen MR) is 85.1 cm³/mol. The highest BCUT2D eigenvalue weighted by atomic mass is 16.5. The molecule has 2 rings (SSSR count). The number of hydrogen-bond acceptors (Lipinski definition) is 4. The van der Waals surface area contributed by atoms with Crippen LogP contribution in [0.15, 0.2) is 29.5 Å². The number of rotatable bonds is 5. The monoisotopic (exact) mass is 314 g/mol. The molecule has 23 heavy (non-hydrogen) atoms. The standard InChI is InChI=1S/C17H18N2O4/c1-5-8-23-13-7-6-12(9-14(13)22-4)16-15(11(3)20)10(2)18-17(21)19-16/h1,6-7,9,16H,8H2,2-4H3,(H2,18,19,21). The molecule has 0 aromatic heterocycles. The fourth-order valence-electron chi connectivity index (χ4n) is 2.51. The van der Waals surface area contributed by atoms with Crippen molar-refractivity contribution in [3.8, 4) is 23.8 Å². The van der Waals surface area contributed by atoms with Gasteiger partial charge in [0.2, 0.25) is 0 Å². The number of carbonyl (C=O) groups is 2. The molecule has 0 saturated heterocycles. The van der Waals surface area contributed by atoms with Crippen molar-refractivity contribution in [2.75, 3.05) is 13.7 Å². The van der Waals surface area contributed by atoms with Gasteiger partial charge in [0.05, 0.1) is 13.2 Å². The SMILES string of the molecule is C#CCOc1ccc(C2NC(=O)NC(C)=C2C(C)=O)cc1OC. The number of nitrogens with one attached hydrogen (secondary N) is 2. The number of methoxy groups -OCH3 is 1. The van der Waals surface area contributed by atoms with Crippen molar-refractivity contribution in [1.82, 2.24) is 10.6 Å². The van der Waals surface area contributed by atoms with Crippen molar-refractivity contribution in [3.05, 3.63) is 35.0 Å². The Labute approximate surface area is 134 Å². The first-order valence-electron chi connectivity index (χ1n) is 7.01. The molecule has 2 amide bonds. The summed E-state index contributed by atoms with van der Waals surface area (Å²) in [5.74, 6) is 3.24. The minimum Gasteiger partial charge on any atom is -0.493 e. The average Bonchev–Trinajstić information content (AvgIpc) is 2.51. The van der Waals surface area contributed by atoms with E-state index in [1.165, 1.54) is 14.0 Å². The summed E-state index contributed by atoms with van der Waals surface area (Å²) >= 11 is 0. The molecule has 6 heteroatoms. The van der Waals surface area contributed by atoms with Gasteiger partial charge in [0.25, 0.3) is 0 Å². The Morgan fingerprint density at radius 3 is 2.74 bits per heavy atom. The van der Waals surface area contributed by atoms with Crippen molar-refractivity contribution in [2.45, 2.75) is 19.9 Å². The van der Waals surface area contributed by atoms with Crippen LogP contribution in [0.25, 0.3) is 0 Å². The number of carbonyl (C=O) groups excluding carboxylic acids is 2. The first kappa shape index (κ1) is 16.4. The summed E-state index contributed by atoms with van der Waals surface area (Å²) in [6.07, 6.45) is 5.18. The number of amides is 2. The van der Waals surface area contributed by atoms with Crippen LogP contribution in [0.2, 0.25) is 0 Å². The van der Waals surface area contributed by atoms with E-state index in [-0.39, 0.29) is 18.4 Å². The molecule has 1 heterocycles. The topological polar surface area (TPSA) is 76.7 Å². The smallest absolute Gasteiger partial charge is 0.319 e. The van der Waals surface area contributed by atoms with Gasteiger partial charge in [0, 0.05) is 11.3 Å². The Balaban J connectivity index is 2.44. The van der Waals surface area contributed by atoms with Gasteiger partial charge in [-0.1, -0.05) is 12.0 Å². The molecule has 1 aliphatic heterocycles. The number of ether oxygens (including phenoxy) is 2. The summed E-state index contributed by atoms with van der Waals surface area (Å²) in [6, 6.07) is 4.28. The van der Waals surface area contributed by atoms with Crippen LogP contribution in [0, 0.1) is 12.3 Å². The molecule has 1 atom stereocenters. The van der Waals surface area contributed by atoms with E-state index in [9.17, 15) is 9.59 Å². The third kappa shape index (κ3) is 3.46. The molecule has 1 aromatic rings. The maximum Gasteiger partial charge on any atom is 0.319 e. The molecule has 0 aliphatic carbocycles. The van der Waals surface area contributed by atoms with Crippen LogP contribution in [0.5, 0.6) is 11.5 Å². The van der Waals surface area contributed by atoms with Crippen LogP contribution in [0.1, 0.15) is 25.5 Å². The molecule has 120 valence electrons. The van der Waals surface area contributed by atoms with Crippen LogP contribution in [0.4, 0.5) is 4.79 Å². The second kappa shape index (κ2) is 6.88.